The molecular weight excluding hydrogens is 244 g/mol. The lowest BCUT2D eigenvalue weighted by Gasteiger charge is -2.37. The van der Waals surface area contributed by atoms with Gasteiger partial charge in [0.15, 0.2) is 0 Å². The first kappa shape index (κ1) is 12.0. The number of aliphatic hydroxyl groups is 1. The van der Waals surface area contributed by atoms with Gasteiger partial charge in [0.25, 0.3) is 0 Å². The number of aromatic amines is 1. The van der Waals surface area contributed by atoms with Crippen molar-refractivity contribution in [2.24, 2.45) is 0 Å². The number of piperidine rings is 1. The normalized spacial score (nSPS) is 23.6. The lowest BCUT2D eigenvalue weighted by atomic mass is 9.90. The highest BCUT2D eigenvalue weighted by molar-refractivity contribution is 5.33. The number of hydrogen-bond acceptors (Lipinski definition) is 6. The van der Waals surface area contributed by atoms with E-state index in [0.717, 1.165) is 18.7 Å². The number of β-amino-alcohol motifs (C(OH)–C–C–N with tert-alkyl or cyclic N) is 1. The number of rotatable bonds is 2. The fourth-order valence-corrected chi connectivity index (χ4v) is 2.43. The molecular formula is C12H16N6O. The molecule has 1 fully saturated rings. The van der Waals surface area contributed by atoms with E-state index in [0.29, 0.717) is 24.6 Å². The van der Waals surface area contributed by atoms with Crippen LogP contribution in [-0.4, -0.2) is 43.6 Å². The average Bonchev–Trinajstić information content (AvgIpc) is 2.93. The van der Waals surface area contributed by atoms with Gasteiger partial charge in [-0.1, -0.05) is 0 Å². The van der Waals surface area contributed by atoms with Crippen molar-refractivity contribution in [3.63, 3.8) is 0 Å². The van der Waals surface area contributed by atoms with Crippen molar-refractivity contribution in [3.8, 4) is 0 Å². The molecule has 0 saturated carbocycles. The van der Waals surface area contributed by atoms with Gasteiger partial charge in [-0.25, -0.2) is 9.97 Å². The molecule has 0 spiro atoms. The lowest BCUT2D eigenvalue weighted by Crippen LogP contribution is -2.47. The Hall–Kier alpha value is -2.02. The van der Waals surface area contributed by atoms with Crippen LogP contribution in [0.1, 0.15) is 24.2 Å². The Morgan fingerprint density at radius 2 is 2.37 bits per heavy atom. The topological polar surface area (TPSA) is 90.8 Å². The summed E-state index contributed by atoms with van der Waals surface area (Å²) < 4.78 is 0. The van der Waals surface area contributed by atoms with E-state index in [1.54, 1.807) is 12.4 Å². The monoisotopic (exact) mass is 260 g/mol. The summed E-state index contributed by atoms with van der Waals surface area (Å²) in [5.41, 5.74) is 0.503. The Kier molecular flexibility index (Phi) is 2.90. The molecule has 0 unspecified atom stereocenters. The maximum absolute atomic E-state index is 10.7. The van der Waals surface area contributed by atoms with Crippen molar-refractivity contribution in [1.29, 1.82) is 0 Å². The Labute approximate surface area is 110 Å². The van der Waals surface area contributed by atoms with E-state index in [2.05, 4.69) is 25.4 Å². The van der Waals surface area contributed by atoms with Crippen LogP contribution in [0.2, 0.25) is 0 Å². The highest BCUT2D eigenvalue weighted by Gasteiger charge is 2.38. The lowest BCUT2D eigenvalue weighted by molar-refractivity contribution is 0.0172. The summed E-state index contributed by atoms with van der Waals surface area (Å²) >= 11 is 0. The summed E-state index contributed by atoms with van der Waals surface area (Å²) in [6.45, 7) is 3.20. The molecule has 2 aromatic heterocycles. The van der Waals surface area contributed by atoms with Gasteiger partial charge in [0.2, 0.25) is 5.95 Å². The number of hydrogen-bond donors (Lipinski definition) is 2. The van der Waals surface area contributed by atoms with Crippen LogP contribution < -0.4 is 4.90 Å². The molecule has 3 rings (SSSR count). The van der Waals surface area contributed by atoms with Gasteiger partial charge in [-0.05, 0) is 25.8 Å². The fourth-order valence-electron chi connectivity index (χ4n) is 2.43. The highest BCUT2D eigenvalue weighted by atomic mass is 16.3. The maximum atomic E-state index is 10.7. The molecule has 1 atom stereocenters. The Bertz CT molecular complexity index is 557. The molecule has 0 aromatic carbocycles. The first-order chi connectivity index (χ1) is 9.17. The molecule has 0 amide bonds. The largest absolute Gasteiger partial charge is 0.382 e. The molecule has 2 N–H and O–H groups in total. The Morgan fingerprint density at radius 3 is 3.11 bits per heavy atom. The predicted molar refractivity (Wildman–Crippen MR) is 68.5 cm³/mol. The molecule has 2 aromatic rings. The number of H-pyrrole nitrogens is 1. The second kappa shape index (κ2) is 4.58. The Morgan fingerprint density at radius 1 is 1.47 bits per heavy atom. The highest BCUT2D eigenvalue weighted by Crippen LogP contribution is 2.31. The summed E-state index contributed by atoms with van der Waals surface area (Å²) in [7, 11) is 0. The molecule has 100 valence electrons. The van der Waals surface area contributed by atoms with Crippen molar-refractivity contribution >= 4 is 5.95 Å². The molecule has 19 heavy (non-hydrogen) atoms. The van der Waals surface area contributed by atoms with E-state index in [4.69, 9.17) is 0 Å². The van der Waals surface area contributed by atoms with Crippen LogP contribution >= 0.6 is 0 Å². The number of anilines is 1. The third-order valence-electron chi connectivity index (χ3n) is 3.43. The SMILES string of the molecule is Cc1ccnc(N2CCC[C@](O)(c3cn[nH]n3)C2)n1. The van der Waals surface area contributed by atoms with Crippen molar-refractivity contribution in [2.45, 2.75) is 25.4 Å². The van der Waals surface area contributed by atoms with Crippen LogP contribution in [0.5, 0.6) is 0 Å². The van der Waals surface area contributed by atoms with Gasteiger partial charge < -0.3 is 10.0 Å². The van der Waals surface area contributed by atoms with E-state index in [1.165, 1.54) is 0 Å². The van der Waals surface area contributed by atoms with Crippen molar-refractivity contribution < 1.29 is 5.11 Å². The summed E-state index contributed by atoms with van der Waals surface area (Å²) in [6.07, 6.45) is 4.84. The first-order valence-corrected chi connectivity index (χ1v) is 6.31. The average molecular weight is 260 g/mol. The van der Waals surface area contributed by atoms with Crippen molar-refractivity contribution in [2.75, 3.05) is 18.0 Å². The minimum absolute atomic E-state index is 0.434. The third kappa shape index (κ3) is 2.28. The second-order valence-electron chi connectivity index (χ2n) is 4.91. The smallest absolute Gasteiger partial charge is 0.225 e. The quantitative estimate of drug-likeness (QED) is 0.811. The summed E-state index contributed by atoms with van der Waals surface area (Å²) in [5, 5.41) is 21.0. The standard InChI is InChI=1S/C12H16N6O/c1-9-3-5-13-11(15-9)18-6-2-4-12(19,8-18)10-7-14-17-16-10/h3,5,7,19H,2,4,6,8H2,1H3,(H,14,16,17)/t12-/m1/s1. The van der Waals surface area contributed by atoms with E-state index in [-0.39, 0.29) is 0 Å². The van der Waals surface area contributed by atoms with Gasteiger partial charge >= 0.3 is 0 Å². The first-order valence-electron chi connectivity index (χ1n) is 6.31. The van der Waals surface area contributed by atoms with Crippen LogP contribution in [0.25, 0.3) is 0 Å². The fraction of sp³-hybridized carbons (Fsp3) is 0.500. The molecule has 3 heterocycles. The van der Waals surface area contributed by atoms with Gasteiger partial charge in [0.05, 0.1) is 12.7 Å². The maximum Gasteiger partial charge on any atom is 0.225 e. The van der Waals surface area contributed by atoms with E-state index in [9.17, 15) is 5.11 Å². The van der Waals surface area contributed by atoms with Crippen LogP contribution in [0.15, 0.2) is 18.5 Å². The Balaban J connectivity index is 1.86. The molecule has 7 nitrogen and oxygen atoms in total. The van der Waals surface area contributed by atoms with Crippen LogP contribution in [0, 0.1) is 6.92 Å². The minimum atomic E-state index is -0.988. The molecule has 0 bridgehead atoms. The number of nitrogens with one attached hydrogen (secondary N) is 1. The van der Waals surface area contributed by atoms with Gasteiger partial charge in [-0.3, -0.25) is 0 Å². The number of aromatic nitrogens is 5. The molecule has 1 aliphatic heterocycles. The van der Waals surface area contributed by atoms with Gasteiger partial charge in [-0.2, -0.15) is 15.4 Å². The molecule has 1 saturated heterocycles. The third-order valence-corrected chi connectivity index (χ3v) is 3.43. The van der Waals surface area contributed by atoms with Crippen LogP contribution in [0.3, 0.4) is 0 Å². The summed E-state index contributed by atoms with van der Waals surface area (Å²) in [6, 6.07) is 1.86. The minimum Gasteiger partial charge on any atom is -0.382 e. The molecule has 7 heteroatoms. The van der Waals surface area contributed by atoms with E-state index in [1.807, 2.05) is 17.9 Å². The number of aryl methyl sites for hydroxylation is 1. The predicted octanol–water partition coefficient (Wildman–Crippen LogP) is 0.391. The molecule has 1 aliphatic rings. The zero-order valence-corrected chi connectivity index (χ0v) is 10.7. The number of nitrogens with zero attached hydrogens (tertiary/aromatic N) is 5. The summed E-state index contributed by atoms with van der Waals surface area (Å²) in [5.74, 6) is 0.654. The van der Waals surface area contributed by atoms with Gasteiger partial charge in [0.1, 0.15) is 11.3 Å². The van der Waals surface area contributed by atoms with Crippen LogP contribution in [0.4, 0.5) is 5.95 Å². The zero-order chi connectivity index (χ0) is 13.3. The van der Waals surface area contributed by atoms with Gasteiger partial charge in [-0.15, -0.1) is 0 Å². The molecule has 0 radical (unpaired) electrons. The van der Waals surface area contributed by atoms with E-state index < -0.39 is 5.60 Å². The van der Waals surface area contributed by atoms with Gasteiger partial charge in [0, 0.05) is 18.4 Å². The zero-order valence-electron chi connectivity index (χ0n) is 10.7. The van der Waals surface area contributed by atoms with E-state index >= 15 is 0 Å². The second-order valence-corrected chi connectivity index (χ2v) is 4.91. The van der Waals surface area contributed by atoms with Crippen molar-refractivity contribution in [3.05, 3.63) is 29.8 Å². The summed E-state index contributed by atoms with van der Waals surface area (Å²) in [4.78, 5) is 10.7. The van der Waals surface area contributed by atoms with Crippen molar-refractivity contribution in [1.82, 2.24) is 25.4 Å². The molecule has 0 aliphatic carbocycles. The van der Waals surface area contributed by atoms with Crippen LogP contribution in [-0.2, 0) is 5.60 Å².